The van der Waals surface area contributed by atoms with Crippen molar-refractivity contribution in [2.75, 3.05) is 25.0 Å². The zero-order chi connectivity index (χ0) is 28.7. The molecule has 0 aromatic heterocycles. The van der Waals surface area contributed by atoms with Crippen LogP contribution >= 0.6 is 12.4 Å². The van der Waals surface area contributed by atoms with Gasteiger partial charge in [0.15, 0.2) is 5.96 Å². The van der Waals surface area contributed by atoms with Crippen LogP contribution in [-0.4, -0.2) is 55.5 Å². The molecular formula is C28H34ClN7O5. The van der Waals surface area contributed by atoms with Crippen LogP contribution in [0.15, 0.2) is 77.8 Å². The van der Waals surface area contributed by atoms with Crippen LogP contribution in [0.4, 0.5) is 10.5 Å². The molecule has 41 heavy (non-hydrogen) atoms. The molecule has 4 amide bonds. The van der Waals surface area contributed by atoms with Crippen molar-refractivity contribution in [3.63, 3.8) is 0 Å². The van der Waals surface area contributed by atoms with E-state index in [1.165, 1.54) is 0 Å². The quantitative estimate of drug-likeness (QED) is 0.100. The summed E-state index contributed by atoms with van der Waals surface area (Å²) in [6.45, 7) is -0.443. The van der Waals surface area contributed by atoms with Crippen LogP contribution in [0.5, 0.6) is 0 Å². The predicted molar refractivity (Wildman–Crippen MR) is 159 cm³/mol. The number of aliphatic imine (C=N–C) groups is 1. The summed E-state index contributed by atoms with van der Waals surface area (Å²) in [5, 5.41) is 12.2. The molecule has 0 spiro atoms. The number of nitrogens with zero attached hydrogens (tertiary/aromatic N) is 1. The fourth-order valence-corrected chi connectivity index (χ4v) is 3.68. The molecule has 12 nitrogen and oxygen atoms in total. The number of nitrogens with two attached hydrogens (primary N) is 2. The van der Waals surface area contributed by atoms with E-state index in [-0.39, 0.29) is 44.5 Å². The minimum Gasteiger partial charge on any atom is -0.445 e. The first kappa shape index (κ1) is 32.4. The number of carbonyl (C=O) groups is 4. The number of anilines is 1. The minimum absolute atomic E-state index is 0. The number of hydrogen-bond donors (Lipinski definition) is 6. The van der Waals surface area contributed by atoms with Gasteiger partial charge < -0.3 is 37.5 Å². The van der Waals surface area contributed by atoms with Crippen LogP contribution in [-0.2, 0) is 25.7 Å². The number of rotatable bonds is 13. The van der Waals surface area contributed by atoms with Crippen LogP contribution in [0.1, 0.15) is 18.4 Å². The first-order chi connectivity index (χ1) is 19.3. The van der Waals surface area contributed by atoms with Crippen molar-refractivity contribution in [2.24, 2.45) is 16.5 Å². The van der Waals surface area contributed by atoms with Crippen LogP contribution in [0.25, 0.3) is 10.8 Å². The van der Waals surface area contributed by atoms with Gasteiger partial charge >= 0.3 is 6.09 Å². The summed E-state index contributed by atoms with van der Waals surface area (Å²) in [4.78, 5) is 53.4. The smallest absolute Gasteiger partial charge is 0.407 e. The number of guanidine groups is 1. The second-order valence-electron chi connectivity index (χ2n) is 8.81. The average Bonchev–Trinajstić information content (AvgIpc) is 2.95. The van der Waals surface area contributed by atoms with E-state index in [1.807, 2.05) is 54.6 Å². The number of alkyl carbamates (subject to hydrolysis) is 1. The third kappa shape index (κ3) is 11.8. The lowest BCUT2D eigenvalue weighted by molar-refractivity contribution is -0.128. The lowest BCUT2D eigenvalue weighted by Gasteiger charge is -2.19. The second-order valence-corrected chi connectivity index (χ2v) is 8.81. The van der Waals surface area contributed by atoms with Gasteiger partial charge in [-0.2, -0.15) is 0 Å². The molecular weight excluding hydrogens is 550 g/mol. The van der Waals surface area contributed by atoms with Crippen molar-refractivity contribution in [2.45, 2.75) is 25.5 Å². The van der Waals surface area contributed by atoms with E-state index in [2.05, 4.69) is 26.3 Å². The van der Waals surface area contributed by atoms with Gasteiger partial charge in [-0.3, -0.25) is 19.4 Å². The highest BCUT2D eigenvalue weighted by atomic mass is 35.5. The highest BCUT2D eigenvalue weighted by Gasteiger charge is 2.21. The molecule has 0 aliphatic carbocycles. The SMILES string of the molecule is Cl.NC(N)=NCCCC(NC(=O)CNC(=O)CNC(=O)OCc1ccccc1)C(=O)Nc1ccc2ccccc2c1. The number of fused-ring (bicyclic) bond motifs is 1. The summed E-state index contributed by atoms with van der Waals surface area (Å²) < 4.78 is 5.04. The number of nitrogens with one attached hydrogen (secondary N) is 4. The van der Waals surface area contributed by atoms with Crippen molar-refractivity contribution < 1.29 is 23.9 Å². The molecule has 218 valence electrons. The van der Waals surface area contributed by atoms with E-state index in [0.717, 1.165) is 16.3 Å². The van der Waals surface area contributed by atoms with E-state index in [4.69, 9.17) is 16.2 Å². The molecule has 1 atom stereocenters. The van der Waals surface area contributed by atoms with Crippen molar-refractivity contribution >= 4 is 58.6 Å². The number of carbonyl (C=O) groups excluding carboxylic acids is 4. The molecule has 3 aromatic carbocycles. The first-order valence-corrected chi connectivity index (χ1v) is 12.7. The summed E-state index contributed by atoms with van der Waals surface area (Å²) in [7, 11) is 0. The normalized spacial score (nSPS) is 10.8. The summed E-state index contributed by atoms with van der Waals surface area (Å²) in [5.41, 5.74) is 12.1. The summed E-state index contributed by atoms with van der Waals surface area (Å²) in [6, 6.07) is 21.4. The predicted octanol–water partition coefficient (Wildman–Crippen LogP) is 1.78. The number of ether oxygens (including phenoxy) is 1. The van der Waals surface area contributed by atoms with Crippen molar-refractivity contribution in [1.82, 2.24) is 16.0 Å². The zero-order valence-electron chi connectivity index (χ0n) is 22.3. The van der Waals surface area contributed by atoms with E-state index < -0.39 is 36.4 Å². The topological polar surface area (TPSA) is 190 Å². The average molecular weight is 584 g/mol. The molecule has 0 saturated heterocycles. The Hall–Kier alpha value is -4.84. The molecule has 0 bridgehead atoms. The van der Waals surface area contributed by atoms with Gasteiger partial charge in [-0.1, -0.05) is 60.7 Å². The van der Waals surface area contributed by atoms with Gasteiger partial charge in [0.2, 0.25) is 17.7 Å². The third-order valence-corrected chi connectivity index (χ3v) is 5.67. The van der Waals surface area contributed by atoms with E-state index >= 15 is 0 Å². The maximum absolute atomic E-state index is 13.0. The molecule has 0 fully saturated rings. The van der Waals surface area contributed by atoms with E-state index in [1.54, 1.807) is 18.2 Å². The summed E-state index contributed by atoms with van der Waals surface area (Å²) in [5.74, 6) is -1.68. The fraction of sp³-hybridized carbons (Fsp3) is 0.250. The molecule has 3 aromatic rings. The molecule has 13 heteroatoms. The third-order valence-electron chi connectivity index (χ3n) is 5.67. The van der Waals surface area contributed by atoms with Gasteiger partial charge in [0, 0.05) is 12.2 Å². The molecule has 0 aliphatic heterocycles. The number of benzene rings is 3. The monoisotopic (exact) mass is 583 g/mol. The number of amides is 4. The first-order valence-electron chi connectivity index (χ1n) is 12.7. The number of hydrogen-bond acceptors (Lipinski definition) is 6. The van der Waals surface area contributed by atoms with Gasteiger partial charge in [0.25, 0.3) is 0 Å². The summed E-state index contributed by atoms with van der Waals surface area (Å²) >= 11 is 0. The van der Waals surface area contributed by atoms with Crippen LogP contribution < -0.4 is 32.7 Å². The Balaban J connectivity index is 0.00000588. The van der Waals surface area contributed by atoms with Crippen LogP contribution in [0, 0.1) is 0 Å². The zero-order valence-corrected chi connectivity index (χ0v) is 23.1. The molecule has 0 saturated carbocycles. The molecule has 1 unspecified atom stereocenters. The minimum atomic E-state index is -0.906. The standard InChI is InChI=1S/C28H33N7O5.ClH/c29-27(30)31-14-6-11-23(26(38)34-22-13-12-20-9-4-5-10-21(20)15-22)35-25(37)17-32-24(36)16-33-28(39)40-18-19-7-2-1-3-8-19;/h1-5,7-10,12-13,15,23H,6,11,14,16-18H2,(H,32,36)(H,33,39)(H,34,38)(H,35,37)(H4,29,30,31);1H. The lowest BCUT2D eigenvalue weighted by Crippen LogP contribution is -2.48. The highest BCUT2D eigenvalue weighted by molar-refractivity contribution is 5.99. The van der Waals surface area contributed by atoms with E-state index in [9.17, 15) is 19.2 Å². The van der Waals surface area contributed by atoms with Gasteiger partial charge in [-0.05, 0) is 41.3 Å². The van der Waals surface area contributed by atoms with Crippen LogP contribution in [0.2, 0.25) is 0 Å². The lowest BCUT2D eigenvalue weighted by atomic mass is 10.1. The van der Waals surface area contributed by atoms with Crippen molar-refractivity contribution in [3.8, 4) is 0 Å². The Morgan fingerprint density at radius 2 is 1.51 bits per heavy atom. The van der Waals surface area contributed by atoms with Crippen LogP contribution in [0.3, 0.4) is 0 Å². The Kier molecular flexibility index (Phi) is 13.4. The Labute approximate surface area is 243 Å². The second kappa shape index (κ2) is 17.0. The van der Waals surface area contributed by atoms with Gasteiger partial charge in [0.05, 0.1) is 6.54 Å². The molecule has 0 aliphatic rings. The van der Waals surface area contributed by atoms with Gasteiger partial charge in [0.1, 0.15) is 19.2 Å². The van der Waals surface area contributed by atoms with Crippen molar-refractivity contribution in [1.29, 1.82) is 0 Å². The highest BCUT2D eigenvalue weighted by Crippen LogP contribution is 2.19. The molecule has 3 rings (SSSR count). The Morgan fingerprint density at radius 3 is 2.24 bits per heavy atom. The van der Waals surface area contributed by atoms with Gasteiger partial charge in [-0.15, -0.1) is 12.4 Å². The van der Waals surface area contributed by atoms with E-state index in [0.29, 0.717) is 12.1 Å². The molecule has 0 radical (unpaired) electrons. The number of halogens is 1. The van der Waals surface area contributed by atoms with Crippen molar-refractivity contribution in [3.05, 3.63) is 78.4 Å². The molecule has 0 heterocycles. The fourth-order valence-electron chi connectivity index (χ4n) is 3.68. The van der Waals surface area contributed by atoms with Gasteiger partial charge in [-0.25, -0.2) is 4.79 Å². The molecule has 8 N–H and O–H groups in total. The maximum Gasteiger partial charge on any atom is 0.407 e. The Bertz CT molecular complexity index is 1350. The summed E-state index contributed by atoms with van der Waals surface area (Å²) in [6.07, 6.45) is -0.0882. The largest absolute Gasteiger partial charge is 0.445 e. The maximum atomic E-state index is 13.0. The Morgan fingerprint density at radius 1 is 0.829 bits per heavy atom.